The van der Waals surface area contributed by atoms with Crippen LogP contribution in [0.3, 0.4) is 0 Å². The van der Waals surface area contributed by atoms with Gasteiger partial charge in [0.2, 0.25) is 0 Å². The smallest absolute Gasteiger partial charge is 0.179 e. The second-order valence-corrected chi connectivity index (χ2v) is 7.71. The zero-order chi connectivity index (χ0) is 21.2. The van der Waals surface area contributed by atoms with Crippen LogP contribution in [0.25, 0.3) is 22.3 Å². The molecule has 0 saturated heterocycles. The molecular formula is C24H24N6O. The first-order valence-electron chi connectivity index (χ1n) is 10.4. The number of hydrogen-bond acceptors (Lipinski definition) is 5. The van der Waals surface area contributed by atoms with Crippen LogP contribution in [0.1, 0.15) is 30.1 Å². The van der Waals surface area contributed by atoms with Gasteiger partial charge in [-0.15, -0.1) is 0 Å². The van der Waals surface area contributed by atoms with Crippen molar-refractivity contribution in [2.75, 3.05) is 5.32 Å². The molecule has 7 nitrogen and oxygen atoms in total. The molecule has 0 radical (unpaired) electrons. The molecule has 5 aromatic rings. The zero-order valence-electron chi connectivity index (χ0n) is 17.5. The van der Waals surface area contributed by atoms with E-state index in [1.165, 1.54) is 5.56 Å². The van der Waals surface area contributed by atoms with Crippen molar-refractivity contribution in [2.45, 2.75) is 25.8 Å². The summed E-state index contributed by atoms with van der Waals surface area (Å²) in [5.74, 6) is 1.86. The second kappa shape index (κ2) is 8.10. The van der Waals surface area contributed by atoms with E-state index in [0.29, 0.717) is 0 Å². The highest BCUT2D eigenvalue weighted by Crippen LogP contribution is 2.27. The number of aromatic nitrogens is 5. The lowest BCUT2D eigenvalue weighted by Crippen LogP contribution is -2.07. The number of aromatic amines is 1. The number of rotatable bonds is 7. The predicted octanol–water partition coefficient (Wildman–Crippen LogP) is 4.91. The first kappa shape index (κ1) is 19.1. The van der Waals surface area contributed by atoms with Crippen LogP contribution in [0.4, 0.5) is 5.69 Å². The number of hydrogen-bond donors (Lipinski definition) is 2. The summed E-state index contributed by atoms with van der Waals surface area (Å²) in [6.07, 6.45) is 8.96. The average Bonchev–Trinajstić information content (AvgIpc) is 3.53. The monoisotopic (exact) mass is 412 g/mol. The molecule has 0 unspecified atom stereocenters. The number of aryl methyl sites for hydroxylation is 3. The van der Waals surface area contributed by atoms with Crippen molar-refractivity contribution in [1.82, 2.24) is 24.7 Å². The zero-order valence-corrected chi connectivity index (χ0v) is 17.5. The predicted molar refractivity (Wildman–Crippen MR) is 121 cm³/mol. The van der Waals surface area contributed by atoms with Gasteiger partial charge in [0, 0.05) is 43.9 Å². The van der Waals surface area contributed by atoms with Gasteiger partial charge in [0.15, 0.2) is 5.65 Å². The Hall–Kier alpha value is -3.87. The molecule has 2 N–H and O–H groups in total. The molecule has 156 valence electrons. The van der Waals surface area contributed by atoms with Crippen LogP contribution in [0.5, 0.6) is 0 Å². The van der Waals surface area contributed by atoms with E-state index in [0.717, 1.165) is 52.4 Å². The van der Waals surface area contributed by atoms with Gasteiger partial charge in [-0.05, 0) is 36.2 Å². The van der Waals surface area contributed by atoms with Gasteiger partial charge in [0.1, 0.15) is 17.1 Å². The topological polar surface area (TPSA) is 84.6 Å². The van der Waals surface area contributed by atoms with Crippen molar-refractivity contribution in [3.05, 3.63) is 84.5 Å². The first-order chi connectivity index (χ1) is 15.2. The maximum atomic E-state index is 5.42. The Morgan fingerprint density at radius 3 is 2.71 bits per heavy atom. The van der Waals surface area contributed by atoms with Crippen molar-refractivity contribution in [3.8, 4) is 11.1 Å². The fourth-order valence-corrected chi connectivity index (χ4v) is 3.75. The lowest BCUT2D eigenvalue weighted by atomic mass is 10.0. The minimum atomic E-state index is 0.128. The fraction of sp³-hybridized carbons (Fsp3) is 0.208. The lowest BCUT2D eigenvalue weighted by Gasteiger charge is -2.16. The minimum absolute atomic E-state index is 0.128. The summed E-state index contributed by atoms with van der Waals surface area (Å²) in [4.78, 5) is 12.5. The SMILES string of the molecule is C[C@H](Nc1ccnc2nc(CCc3ccco3)[nH]c12)c1ccc(-c2cnn(C)c2)cc1. The van der Waals surface area contributed by atoms with Gasteiger partial charge < -0.3 is 14.7 Å². The molecule has 0 spiro atoms. The fourth-order valence-electron chi connectivity index (χ4n) is 3.75. The van der Waals surface area contributed by atoms with E-state index >= 15 is 0 Å². The molecule has 5 rings (SSSR count). The van der Waals surface area contributed by atoms with Crippen molar-refractivity contribution < 1.29 is 4.42 Å². The summed E-state index contributed by atoms with van der Waals surface area (Å²) in [7, 11) is 1.93. The number of nitrogens with zero attached hydrogens (tertiary/aromatic N) is 4. The molecule has 4 heterocycles. The molecule has 0 aliphatic heterocycles. The molecule has 0 saturated carbocycles. The van der Waals surface area contributed by atoms with Gasteiger partial charge in [-0.25, -0.2) is 9.97 Å². The average molecular weight is 412 g/mol. The molecule has 0 aliphatic carbocycles. The van der Waals surface area contributed by atoms with Crippen LogP contribution >= 0.6 is 0 Å². The third-order valence-corrected chi connectivity index (χ3v) is 5.45. The molecule has 0 amide bonds. The third-order valence-electron chi connectivity index (χ3n) is 5.45. The maximum absolute atomic E-state index is 5.42. The highest BCUT2D eigenvalue weighted by molar-refractivity contribution is 5.85. The largest absolute Gasteiger partial charge is 0.469 e. The molecule has 0 fully saturated rings. The molecule has 4 aromatic heterocycles. The Morgan fingerprint density at radius 2 is 1.97 bits per heavy atom. The highest BCUT2D eigenvalue weighted by atomic mass is 16.3. The van der Waals surface area contributed by atoms with Crippen LogP contribution in [0.2, 0.25) is 0 Å². The molecule has 1 aromatic carbocycles. The molecule has 1 atom stereocenters. The van der Waals surface area contributed by atoms with Gasteiger partial charge in [-0.2, -0.15) is 5.10 Å². The second-order valence-electron chi connectivity index (χ2n) is 7.71. The maximum Gasteiger partial charge on any atom is 0.179 e. The van der Waals surface area contributed by atoms with Crippen LogP contribution in [-0.4, -0.2) is 24.7 Å². The van der Waals surface area contributed by atoms with Crippen molar-refractivity contribution >= 4 is 16.9 Å². The Morgan fingerprint density at radius 1 is 1.10 bits per heavy atom. The summed E-state index contributed by atoms with van der Waals surface area (Å²) in [6.45, 7) is 2.15. The molecule has 0 bridgehead atoms. The molecule has 7 heteroatoms. The van der Waals surface area contributed by atoms with Crippen molar-refractivity contribution in [3.63, 3.8) is 0 Å². The van der Waals surface area contributed by atoms with E-state index in [4.69, 9.17) is 4.42 Å². The Balaban J connectivity index is 1.32. The normalized spacial score (nSPS) is 12.3. The summed E-state index contributed by atoms with van der Waals surface area (Å²) in [5.41, 5.74) is 6.12. The number of benzene rings is 1. The Bertz CT molecular complexity index is 1280. The number of H-pyrrole nitrogens is 1. The highest BCUT2D eigenvalue weighted by Gasteiger charge is 2.12. The summed E-state index contributed by atoms with van der Waals surface area (Å²) < 4.78 is 7.23. The molecular weight excluding hydrogens is 388 g/mol. The van der Waals surface area contributed by atoms with Crippen molar-refractivity contribution in [2.24, 2.45) is 7.05 Å². The number of anilines is 1. The number of fused-ring (bicyclic) bond motifs is 1. The van der Waals surface area contributed by atoms with Crippen LogP contribution in [0.15, 0.2) is 71.7 Å². The molecule has 31 heavy (non-hydrogen) atoms. The van der Waals surface area contributed by atoms with Crippen LogP contribution < -0.4 is 5.32 Å². The van der Waals surface area contributed by atoms with E-state index < -0.39 is 0 Å². The van der Waals surface area contributed by atoms with Gasteiger partial charge in [0.25, 0.3) is 0 Å². The standard InChI is InChI=1S/C24H24N6O/c1-16(17-5-7-18(8-6-17)19-14-26-30(2)15-19)27-21-11-12-25-24-23(21)28-22(29-24)10-9-20-4-3-13-31-20/h3-8,11-16H,9-10H2,1-2H3,(H2,25,27,28,29)/t16-/m0/s1. The van der Waals surface area contributed by atoms with Gasteiger partial charge in [0.05, 0.1) is 18.1 Å². The van der Waals surface area contributed by atoms with Gasteiger partial charge >= 0.3 is 0 Å². The Kier molecular flexibility index (Phi) is 5.00. The van der Waals surface area contributed by atoms with E-state index in [1.807, 2.05) is 42.3 Å². The summed E-state index contributed by atoms with van der Waals surface area (Å²) in [5, 5.41) is 7.85. The summed E-state index contributed by atoms with van der Waals surface area (Å²) >= 11 is 0. The van der Waals surface area contributed by atoms with E-state index in [9.17, 15) is 0 Å². The van der Waals surface area contributed by atoms with Gasteiger partial charge in [-0.1, -0.05) is 24.3 Å². The number of furan rings is 1. The molecule has 0 aliphatic rings. The van der Waals surface area contributed by atoms with E-state index in [2.05, 4.69) is 56.6 Å². The van der Waals surface area contributed by atoms with Crippen LogP contribution in [-0.2, 0) is 19.9 Å². The van der Waals surface area contributed by atoms with Gasteiger partial charge in [-0.3, -0.25) is 4.68 Å². The number of nitrogens with one attached hydrogen (secondary N) is 2. The third kappa shape index (κ3) is 4.07. The Labute approximate surface area is 180 Å². The van der Waals surface area contributed by atoms with E-state index in [1.54, 1.807) is 12.5 Å². The van der Waals surface area contributed by atoms with Crippen LogP contribution in [0, 0.1) is 0 Å². The number of pyridine rings is 1. The van der Waals surface area contributed by atoms with Crippen molar-refractivity contribution in [1.29, 1.82) is 0 Å². The quantitative estimate of drug-likeness (QED) is 0.397. The number of imidazole rings is 1. The first-order valence-corrected chi connectivity index (χ1v) is 10.4. The summed E-state index contributed by atoms with van der Waals surface area (Å²) in [6, 6.07) is 14.6. The minimum Gasteiger partial charge on any atom is -0.469 e. The lowest BCUT2D eigenvalue weighted by molar-refractivity contribution is 0.507. The van der Waals surface area contributed by atoms with E-state index in [-0.39, 0.29) is 6.04 Å².